The summed E-state index contributed by atoms with van der Waals surface area (Å²) in [5.41, 5.74) is 1.84. The molecule has 11 heteroatoms. The molecule has 0 radical (unpaired) electrons. The lowest BCUT2D eigenvalue weighted by atomic mass is 9.99. The van der Waals surface area contributed by atoms with E-state index < -0.39 is 16.1 Å². The zero-order chi connectivity index (χ0) is 28.3. The van der Waals surface area contributed by atoms with Crippen molar-refractivity contribution in [1.82, 2.24) is 15.0 Å². The number of aryl methyl sites for hydroxylation is 2. The number of benzene rings is 2. The number of rotatable bonds is 9. The highest BCUT2D eigenvalue weighted by molar-refractivity contribution is 7.92. The highest BCUT2D eigenvalue weighted by Gasteiger charge is 2.34. The highest BCUT2D eigenvalue weighted by Crippen LogP contribution is 2.32. The average Bonchev–Trinajstić information content (AvgIpc) is 3.25. The van der Waals surface area contributed by atoms with Crippen molar-refractivity contribution in [1.29, 1.82) is 0 Å². The van der Waals surface area contributed by atoms with Crippen molar-refractivity contribution in [2.24, 2.45) is 5.92 Å². The summed E-state index contributed by atoms with van der Waals surface area (Å²) in [6, 6.07) is 14.4. The van der Waals surface area contributed by atoms with Crippen LogP contribution in [0.3, 0.4) is 0 Å². The van der Waals surface area contributed by atoms with Crippen LogP contribution in [0.1, 0.15) is 41.2 Å². The van der Waals surface area contributed by atoms with Gasteiger partial charge in [0.05, 0.1) is 18.2 Å². The Kier molecular flexibility index (Phi) is 8.63. The number of likely N-dealkylation sites (N-methyl/N-ethyl adjacent to an activating group) is 1. The summed E-state index contributed by atoms with van der Waals surface area (Å²) in [6.07, 6.45) is -0.260. The number of nitrogens with one attached hydrogen (secondary N) is 1. The monoisotopic (exact) mass is 556 g/mol. The fourth-order valence-electron chi connectivity index (χ4n) is 4.84. The van der Waals surface area contributed by atoms with Crippen molar-refractivity contribution in [3.63, 3.8) is 0 Å². The molecule has 0 saturated heterocycles. The molecule has 1 aliphatic heterocycles. The maximum atomic E-state index is 13.7. The maximum Gasteiger partial charge on any atom is 0.267 e. The third-order valence-corrected chi connectivity index (χ3v) is 8.57. The number of hydrogen-bond donors (Lipinski definition) is 2. The van der Waals surface area contributed by atoms with Gasteiger partial charge in [-0.15, -0.1) is 0 Å². The minimum Gasteiger partial charge on any atom is -0.488 e. The van der Waals surface area contributed by atoms with Gasteiger partial charge in [0.25, 0.3) is 15.9 Å². The zero-order valence-corrected chi connectivity index (χ0v) is 23.7. The third kappa shape index (κ3) is 6.43. The van der Waals surface area contributed by atoms with Gasteiger partial charge in [0.1, 0.15) is 17.5 Å². The smallest absolute Gasteiger partial charge is 0.267 e. The number of amides is 1. The first-order chi connectivity index (χ1) is 18.5. The largest absolute Gasteiger partial charge is 0.488 e. The Morgan fingerprint density at radius 2 is 1.92 bits per heavy atom. The Bertz CT molecular complexity index is 1390. The third-order valence-electron chi connectivity index (χ3n) is 6.94. The van der Waals surface area contributed by atoms with Crippen LogP contribution >= 0.6 is 0 Å². The summed E-state index contributed by atoms with van der Waals surface area (Å²) in [5.74, 6) is 0.157. The second kappa shape index (κ2) is 11.8. The Labute approximate surface area is 229 Å². The van der Waals surface area contributed by atoms with Crippen molar-refractivity contribution in [3.05, 3.63) is 71.1 Å². The molecule has 2 N–H and O–H groups in total. The normalized spacial score (nSPS) is 18.7. The van der Waals surface area contributed by atoms with E-state index in [1.165, 1.54) is 18.6 Å². The lowest BCUT2D eigenvalue weighted by Gasteiger charge is -2.38. The molecule has 0 unspecified atom stereocenters. The fraction of sp³-hybridized carbons (Fsp3) is 0.429. The number of hydrogen-bond acceptors (Lipinski definition) is 8. The molecule has 10 nitrogen and oxygen atoms in total. The minimum absolute atomic E-state index is 0.0351. The first-order valence-electron chi connectivity index (χ1n) is 12.9. The quantitative estimate of drug-likeness (QED) is 0.411. The van der Waals surface area contributed by atoms with E-state index >= 15 is 0 Å². The van der Waals surface area contributed by atoms with Crippen LogP contribution in [0.25, 0.3) is 0 Å². The molecule has 1 aliphatic rings. The number of carbonyl (C=O) groups is 1. The van der Waals surface area contributed by atoms with E-state index in [4.69, 9.17) is 9.26 Å². The van der Waals surface area contributed by atoms with Gasteiger partial charge >= 0.3 is 0 Å². The van der Waals surface area contributed by atoms with Crippen molar-refractivity contribution in [2.45, 2.75) is 51.3 Å². The van der Waals surface area contributed by atoms with Gasteiger partial charge in [0.2, 0.25) is 0 Å². The molecule has 1 amide bonds. The van der Waals surface area contributed by atoms with Crippen LogP contribution in [0.5, 0.6) is 5.75 Å². The number of fused-ring (bicyclic) bond motifs is 1. The van der Waals surface area contributed by atoms with Gasteiger partial charge in [-0.25, -0.2) is 8.42 Å². The van der Waals surface area contributed by atoms with E-state index in [-0.39, 0.29) is 52.1 Å². The SMILES string of the molecule is Cc1noc(C)c1S(=O)(=O)Nc1ccc2c(c1)C(=O)N([C@H](C)CO)C[C@H](C)[C@H](CN(C)Cc1ccccc1)O2. The Morgan fingerprint density at radius 1 is 1.21 bits per heavy atom. The maximum absolute atomic E-state index is 13.7. The molecule has 3 aromatic rings. The van der Waals surface area contributed by atoms with E-state index in [1.807, 2.05) is 32.2 Å². The number of carbonyl (C=O) groups excluding carboxylic acids is 1. The summed E-state index contributed by atoms with van der Waals surface area (Å²) in [7, 11) is -1.99. The first-order valence-corrected chi connectivity index (χ1v) is 14.4. The van der Waals surface area contributed by atoms with Crippen LogP contribution in [0.4, 0.5) is 5.69 Å². The number of nitrogens with zero attached hydrogens (tertiary/aromatic N) is 3. The van der Waals surface area contributed by atoms with Crippen molar-refractivity contribution < 1.29 is 27.6 Å². The molecule has 3 atom stereocenters. The fourth-order valence-corrected chi connectivity index (χ4v) is 6.22. The molecule has 2 aromatic carbocycles. The molecule has 2 heterocycles. The lowest BCUT2D eigenvalue weighted by molar-refractivity contribution is 0.0341. The van der Waals surface area contributed by atoms with Gasteiger partial charge in [-0.05, 0) is 51.6 Å². The van der Waals surface area contributed by atoms with Crippen LogP contribution in [0.15, 0.2) is 57.9 Å². The summed E-state index contributed by atoms with van der Waals surface area (Å²) in [6.45, 7) is 8.40. The number of aliphatic hydroxyl groups is 1. The molecule has 0 bridgehead atoms. The Hall–Kier alpha value is -3.41. The second-order valence-corrected chi connectivity index (χ2v) is 11.9. The van der Waals surface area contributed by atoms with E-state index in [1.54, 1.807) is 30.9 Å². The molecule has 4 rings (SSSR count). The van der Waals surface area contributed by atoms with Crippen LogP contribution in [0, 0.1) is 19.8 Å². The highest BCUT2D eigenvalue weighted by atomic mass is 32.2. The number of aromatic nitrogens is 1. The van der Waals surface area contributed by atoms with Gasteiger partial charge in [-0.2, -0.15) is 0 Å². The molecule has 210 valence electrons. The van der Waals surface area contributed by atoms with Crippen molar-refractivity contribution >= 4 is 21.6 Å². The summed E-state index contributed by atoms with van der Waals surface area (Å²) in [5, 5.41) is 13.6. The molecular formula is C28H36N4O6S. The average molecular weight is 557 g/mol. The molecule has 39 heavy (non-hydrogen) atoms. The van der Waals surface area contributed by atoms with Crippen LogP contribution < -0.4 is 9.46 Å². The molecular weight excluding hydrogens is 520 g/mol. The van der Waals surface area contributed by atoms with Gasteiger partial charge in [0.15, 0.2) is 10.7 Å². The standard InChI is InChI=1S/C28H36N4O6S/c1-18-14-32(19(2)17-33)28(34)24-13-23(30-39(35,36)27-20(3)29-38-21(27)4)11-12-25(24)37-26(18)16-31(5)15-22-9-7-6-8-10-22/h6-13,18-19,26,30,33H,14-17H2,1-5H3/t18-,19+,26-/m0/s1. The van der Waals surface area contributed by atoms with E-state index in [2.05, 4.69) is 26.9 Å². The molecule has 0 saturated carbocycles. The van der Waals surface area contributed by atoms with Gasteiger partial charge in [-0.3, -0.25) is 14.4 Å². The topological polar surface area (TPSA) is 125 Å². The first kappa shape index (κ1) is 28.6. The van der Waals surface area contributed by atoms with E-state index in [9.17, 15) is 18.3 Å². The zero-order valence-electron chi connectivity index (χ0n) is 22.9. The number of sulfonamides is 1. The summed E-state index contributed by atoms with van der Waals surface area (Å²) >= 11 is 0. The molecule has 0 fully saturated rings. The van der Waals surface area contributed by atoms with Gasteiger partial charge < -0.3 is 19.3 Å². The summed E-state index contributed by atoms with van der Waals surface area (Å²) in [4.78, 5) is 17.4. The van der Waals surface area contributed by atoms with Crippen LogP contribution in [-0.4, -0.2) is 73.3 Å². The van der Waals surface area contributed by atoms with Crippen molar-refractivity contribution in [2.75, 3.05) is 31.5 Å². The Morgan fingerprint density at radius 3 is 2.56 bits per heavy atom. The van der Waals surface area contributed by atoms with Crippen LogP contribution in [-0.2, 0) is 16.6 Å². The minimum atomic E-state index is -4.01. The molecule has 0 aliphatic carbocycles. The predicted molar refractivity (Wildman–Crippen MR) is 147 cm³/mol. The van der Waals surface area contributed by atoms with Gasteiger partial charge in [-0.1, -0.05) is 42.4 Å². The van der Waals surface area contributed by atoms with Crippen LogP contribution in [0.2, 0.25) is 0 Å². The second-order valence-electron chi connectivity index (χ2n) is 10.3. The Balaban J connectivity index is 1.65. The van der Waals surface area contributed by atoms with E-state index in [0.29, 0.717) is 18.8 Å². The van der Waals surface area contributed by atoms with Crippen molar-refractivity contribution in [3.8, 4) is 5.75 Å². The number of aliphatic hydroxyl groups excluding tert-OH is 1. The number of ether oxygens (including phenoxy) is 1. The number of anilines is 1. The van der Waals surface area contributed by atoms with E-state index in [0.717, 1.165) is 6.54 Å². The predicted octanol–water partition coefficient (Wildman–Crippen LogP) is 3.44. The molecule has 1 aromatic heterocycles. The summed E-state index contributed by atoms with van der Waals surface area (Å²) < 4.78 is 40.2. The van der Waals surface area contributed by atoms with Gasteiger partial charge in [0, 0.05) is 31.2 Å². The lowest BCUT2D eigenvalue weighted by Crippen LogP contribution is -2.49. The molecule has 0 spiro atoms.